The van der Waals surface area contributed by atoms with Gasteiger partial charge in [-0.1, -0.05) is 12.7 Å². The summed E-state index contributed by atoms with van der Waals surface area (Å²) in [4.78, 5) is 23.3. The number of rotatable bonds is 8. The fraction of sp³-hybridized carbons (Fsp3) is 0.286. The van der Waals surface area contributed by atoms with Crippen molar-refractivity contribution < 1.29 is 40.7 Å². The third-order valence-corrected chi connectivity index (χ3v) is 4.79. The lowest BCUT2D eigenvalue weighted by atomic mass is 10.2. The molecule has 0 fully saturated rings. The van der Waals surface area contributed by atoms with Gasteiger partial charge >= 0.3 is 27.6 Å². The van der Waals surface area contributed by atoms with Crippen LogP contribution in [0.25, 0.3) is 0 Å². The second-order valence-electron chi connectivity index (χ2n) is 4.69. The molecule has 0 heterocycles. The number of carbonyl (C=O) groups is 2. The Kier molecular flexibility index (Phi) is 8.49. The second-order valence-corrected chi connectivity index (χ2v) is 7.61. The fourth-order valence-electron chi connectivity index (χ4n) is 1.51. The normalized spacial score (nSPS) is 11.6. The number of hydrogen-bond acceptors (Lipinski definition) is 6. The largest absolute Gasteiger partial charge is 0.511 e. The molecule has 27 heavy (non-hydrogen) atoms. The molecule has 1 aromatic carbocycles. The molecule has 8 nitrogen and oxygen atoms in total. The van der Waals surface area contributed by atoms with Crippen LogP contribution in [0, 0.1) is 3.57 Å². The maximum atomic E-state index is 12.1. The fourth-order valence-corrected chi connectivity index (χ4v) is 2.67. The summed E-state index contributed by atoms with van der Waals surface area (Å²) in [6.45, 7) is 2.08. The van der Waals surface area contributed by atoms with Crippen molar-refractivity contribution in [1.29, 1.82) is 0 Å². The molecule has 0 saturated heterocycles. The van der Waals surface area contributed by atoms with E-state index >= 15 is 0 Å². The number of benzene rings is 1. The minimum absolute atomic E-state index is 0.0188. The van der Waals surface area contributed by atoms with Gasteiger partial charge in [0.15, 0.2) is 0 Å². The maximum Gasteiger partial charge on any atom is 0.511 e. The van der Waals surface area contributed by atoms with Gasteiger partial charge < -0.3 is 9.47 Å². The molecule has 0 aliphatic heterocycles. The van der Waals surface area contributed by atoms with E-state index in [1.54, 1.807) is 0 Å². The zero-order valence-corrected chi connectivity index (χ0v) is 16.5. The van der Waals surface area contributed by atoms with E-state index in [0.29, 0.717) is 9.26 Å². The summed E-state index contributed by atoms with van der Waals surface area (Å²) >= 11 is 1.84. The van der Waals surface area contributed by atoms with E-state index in [1.165, 1.54) is 29.0 Å². The van der Waals surface area contributed by atoms with E-state index in [1.807, 2.05) is 22.6 Å². The molecule has 0 atom stereocenters. The number of amides is 1. The Balaban J connectivity index is 2.58. The van der Waals surface area contributed by atoms with Gasteiger partial charge in [-0.3, -0.25) is 5.32 Å². The van der Waals surface area contributed by atoms with Crippen LogP contribution in [0.15, 0.2) is 30.9 Å². The minimum atomic E-state index is -5.49. The van der Waals surface area contributed by atoms with Crippen molar-refractivity contribution in [3.63, 3.8) is 0 Å². The van der Waals surface area contributed by atoms with Crippen molar-refractivity contribution in [3.05, 3.63) is 40.0 Å². The van der Waals surface area contributed by atoms with E-state index < -0.39 is 40.7 Å². The minimum Gasteiger partial charge on any atom is -0.461 e. The lowest BCUT2D eigenvalue weighted by Crippen LogP contribution is -2.38. The Bertz CT molecular complexity index is 814. The summed E-state index contributed by atoms with van der Waals surface area (Å²) in [5.74, 6) is -0.875. The first-order chi connectivity index (χ1) is 12.5. The average Bonchev–Trinajstić information content (AvgIpc) is 2.57. The van der Waals surface area contributed by atoms with Gasteiger partial charge in [-0.25, -0.2) is 22.7 Å². The number of esters is 1. The molecule has 2 N–H and O–H groups in total. The Labute approximate surface area is 166 Å². The van der Waals surface area contributed by atoms with Crippen LogP contribution in [-0.2, 0) is 19.5 Å². The predicted octanol–water partition coefficient (Wildman–Crippen LogP) is 2.62. The van der Waals surface area contributed by atoms with E-state index in [-0.39, 0.29) is 12.2 Å². The number of nitrogens with one attached hydrogen (secondary N) is 2. The summed E-state index contributed by atoms with van der Waals surface area (Å²) in [6, 6.07) is 4.08. The molecule has 0 bridgehead atoms. The van der Waals surface area contributed by atoms with Gasteiger partial charge in [0.2, 0.25) is 0 Å². The smallest absolute Gasteiger partial charge is 0.461 e. The summed E-state index contributed by atoms with van der Waals surface area (Å²) in [6.07, 6.45) is 0.665. The molecule has 0 radical (unpaired) electrons. The number of hydrogen-bond donors (Lipinski definition) is 2. The van der Waals surface area contributed by atoms with Crippen molar-refractivity contribution in [3.8, 4) is 0 Å². The first-order valence-electron chi connectivity index (χ1n) is 7.05. The van der Waals surface area contributed by atoms with Crippen molar-refractivity contribution in [2.24, 2.45) is 0 Å². The van der Waals surface area contributed by atoms with Crippen molar-refractivity contribution in [1.82, 2.24) is 4.72 Å². The lowest BCUT2D eigenvalue weighted by molar-refractivity contribution is -0.0448. The Morgan fingerprint density at radius 2 is 1.93 bits per heavy atom. The van der Waals surface area contributed by atoms with Gasteiger partial charge in [0.1, 0.15) is 13.2 Å². The number of alkyl halides is 3. The van der Waals surface area contributed by atoms with Crippen LogP contribution in [0.3, 0.4) is 0 Å². The van der Waals surface area contributed by atoms with Crippen LogP contribution >= 0.6 is 22.6 Å². The van der Waals surface area contributed by atoms with Crippen LogP contribution < -0.4 is 10.0 Å². The molecule has 150 valence electrons. The first kappa shape index (κ1) is 23.2. The van der Waals surface area contributed by atoms with Crippen LogP contribution in [0.2, 0.25) is 0 Å². The molecule has 0 saturated carbocycles. The highest BCUT2D eigenvalue weighted by Gasteiger charge is 2.45. The highest BCUT2D eigenvalue weighted by molar-refractivity contribution is 14.1. The van der Waals surface area contributed by atoms with Gasteiger partial charge in [-0.05, 0) is 40.8 Å². The molecular weight excluding hydrogens is 508 g/mol. The van der Waals surface area contributed by atoms with Gasteiger partial charge in [-0.2, -0.15) is 13.2 Å². The number of sulfonamides is 1. The molecule has 1 aromatic rings. The third kappa shape index (κ3) is 7.34. The summed E-state index contributed by atoms with van der Waals surface area (Å²) in [5.41, 5.74) is -5.02. The van der Waals surface area contributed by atoms with Crippen LogP contribution in [0.4, 0.5) is 23.7 Å². The Morgan fingerprint density at radius 1 is 1.26 bits per heavy atom. The van der Waals surface area contributed by atoms with E-state index in [0.717, 1.165) is 0 Å². The van der Waals surface area contributed by atoms with Crippen LogP contribution in [-0.4, -0.2) is 45.7 Å². The highest BCUT2D eigenvalue weighted by atomic mass is 127. The molecule has 0 spiro atoms. The lowest BCUT2D eigenvalue weighted by Gasteiger charge is -2.11. The van der Waals surface area contributed by atoms with Gasteiger partial charge in [0, 0.05) is 10.1 Å². The van der Waals surface area contributed by atoms with Crippen molar-refractivity contribution >= 4 is 50.4 Å². The standard InChI is InChI=1S/C14H14F3IN2O6S/c1-2-6-26-13(22)20-11-4-3-9(8-10(11)18)12(21)25-7-5-19-27(23,24)14(15,16)17/h2-4,8,19H,1,5-7H2,(H,20,22). The van der Waals surface area contributed by atoms with Crippen LogP contribution in [0.5, 0.6) is 0 Å². The van der Waals surface area contributed by atoms with Crippen LogP contribution in [0.1, 0.15) is 10.4 Å². The molecule has 1 rings (SSSR count). The molecule has 0 aliphatic carbocycles. The molecule has 13 heteroatoms. The first-order valence-corrected chi connectivity index (χ1v) is 9.61. The molecule has 1 amide bonds. The maximum absolute atomic E-state index is 12.1. The quantitative estimate of drug-likeness (QED) is 0.235. The molecule has 0 unspecified atom stereocenters. The third-order valence-electron chi connectivity index (χ3n) is 2.71. The van der Waals surface area contributed by atoms with Crippen molar-refractivity contribution in [2.75, 3.05) is 25.1 Å². The summed E-state index contributed by atoms with van der Waals surface area (Å²) in [5, 5.41) is 2.44. The average molecular weight is 522 g/mol. The van der Waals surface area contributed by atoms with E-state index in [9.17, 15) is 31.2 Å². The van der Waals surface area contributed by atoms with Gasteiger partial charge in [0.05, 0.1) is 11.3 Å². The topological polar surface area (TPSA) is 111 Å². The zero-order chi connectivity index (χ0) is 20.7. The second kappa shape index (κ2) is 9.89. The van der Waals surface area contributed by atoms with E-state index in [4.69, 9.17) is 9.47 Å². The Hall–Kier alpha value is -1.87. The Morgan fingerprint density at radius 3 is 2.48 bits per heavy atom. The highest BCUT2D eigenvalue weighted by Crippen LogP contribution is 2.22. The molecular formula is C14H14F3IN2O6S. The van der Waals surface area contributed by atoms with Crippen molar-refractivity contribution in [2.45, 2.75) is 5.51 Å². The van der Waals surface area contributed by atoms with Gasteiger partial charge in [-0.15, -0.1) is 0 Å². The SMILES string of the molecule is C=CCOC(=O)Nc1ccc(C(=O)OCCNS(=O)(=O)C(F)(F)F)cc1I. The number of carbonyl (C=O) groups excluding carboxylic acids is 2. The number of ether oxygens (including phenoxy) is 2. The monoisotopic (exact) mass is 522 g/mol. The number of anilines is 1. The summed E-state index contributed by atoms with van der Waals surface area (Å²) < 4.78 is 69.1. The number of halogens is 4. The van der Waals surface area contributed by atoms with E-state index in [2.05, 4.69) is 11.9 Å². The molecule has 0 aliphatic rings. The molecule has 0 aromatic heterocycles. The zero-order valence-electron chi connectivity index (χ0n) is 13.5. The summed E-state index contributed by atoms with van der Waals surface area (Å²) in [7, 11) is -5.49. The van der Waals surface area contributed by atoms with Gasteiger partial charge in [0.25, 0.3) is 0 Å². The predicted molar refractivity (Wildman–Crippen MR) is 97.6 cm³/mol.